The van der Waals surface area contributed by atoms with Gasteiger partial charge in [-0.15, -0.1) is 0 Å². The molecular weight excluding hydrogens is 554 g/mol. The van der Waals surface area contributed by atoms with Gasteiger partial charge in [0.25, 0.3) is 0 Å². The molecule has 5 rings (SSSR count). The number of nitrogens with one attached hydrogen (secondary N) is 2. The third-order valence-corrected chi connectivity index (χ3v) is 8.84. The van der Waals surface area contributed by atoms with Crippen LogP contribution in [0.5, 0.6) is 28.7 Å². The van der Waals surface area contributed by atoms with Crippen LogP contribution < -0.4 is 29.6 Å². The third kappa shape index (κ3) is 6.33. The van der Waals surface area contributed by atoms with Gasteiger partial charge in [0, 0.05) is 18.3 Å². The van der Waals surface area contributed by atoms with Gasteiger partial charge in [0.1, 0.15) is 0 Å². The van der Waals surface area contributed by atoms with Crippen LogP contribution in [0.3, 0.4) is 0 Å². The van der Waals surface area contributed by atoms with Crippen molar-refractivity contribution in [3.05, 3.63) is 41.0 Å². The molecule has 11 nitrogen and oxygen atoms in total. The number of methoxy groups -OCH3 is 2. The van der Waals surface area contributed by atoms with Gasteiger partial charge in [0.2, 0.25) is 18.4 Å². The van der Waals surface area contributed by atoms with Crippen LogP contribution in [0.4, 0.5) is 0 Å². The van der Waals surface area contributed by atoms with E-state index in [-0.39, 0.29) is 48.4 Å². The van der Waals surface area contributed by atoms with Crippen molar-refractivity contribution in [2.75, 3.05) is 60.3 Å². The summed E-state index contributed by atoms with van der Waals surface area (Å²) in [5.74, 6) is -0.249. The first-order valence-electron chi connectivity index (χ1n) is 15.2. The number of benzene rings is 2. The van der Waals surface area contributed by atoms with Crippen LogP contribution in [-0.4, -0.2) is 82.2 Å². The Balaban J connectivity index is 1.37. The number of cyclic esters (lactones) is 1. The molecule has 2 aliphatic heterocycles. The van der Waals surface area contributed by atoms with Gasteiger partial charge in [-0.2, -0.15) is 0 Å². The largest absolute Gasteiger partial charge is 0.502 e. The Hall–Kier alpha value is -3.70. The Labute approximate surface area is 252 Å². The highest BCUT2D eigenvalue weighted by atomic mass is 16.7. The average molecular weight is 598 g/mol. The van der Waals surface area contributed by atoms with Crippen molar-refractivity contribution >= 4 is 11.9 Å². The molecule has 0 saturated carbocycles. The summed E-state index contributed by atoms with van der Waals surface area (Å²) in [7, 11) is 2.93. The van der Waals surface area contributed by atoms with E-state index < -0.39 is 17.9 Å². The summed E-state index contributed by atoms with van der Waals surface area (Å²) in [6.45, 7) is 9.46. The number of phenolic OH excluding ortho intramolecular Hbond substituents is 1. The Morgan fingerprint density at radius 3 is 2.28 bits per heavy atom. The highest BCUT2D eigenvalue weighted by Crippen LogP contribution is 2.55. The number of carbonyl (C=O) groups is 2. The Morgan fingerprint density at radius 1 is 0.977 bits per heavy atom. The van der Waals surface area contributed by atoms with E-state index in [9.17, 15) is 14.7 Å². The molecule has 234 valence electrons. The van der Waals surface area contributed by atoms with E-state index in [1.54, 1.807) is 12.1 Å². The van der Waals surface area contributed by atoms with E-state index >= 15 is 0 Å². The topological polar surface area (TPSA) is 128 Å². The number of hydrogen-bond donors (Lipinski definition) is 3. The lowest BCUT2D eigenvalue weighted by Crippen LogP contribution is -2.43. The summed E-state index contributed by atoms with van der Waals surface area (Å²) in [6, 6.07) is 6.77. The first kappa shape index (κ1) is 30.7. The van der Waals surface area contributed by atoms with Crippen LogP contribution in [0.2, 0.25) is 0 Å². The predicted molar refractivity (Wildman–Crippen MR) is 159 cm³/mol. The molecule has 4 atom stereocenters. The predicted octanol–water partition coefficient (Wildman–Crippen LogP) is 3.33. The number of ether oxygens (including phenoxy) is 5. The van der Waals surface area contributed by atoms with Gasteiger partial charge in [-0.1, -0.05) is 13.8 Å². The third-order valence-electron chi connectivity index (χ3n) is 8.84. The van der Waals surface area contributed by atoms with Crippen molar-refractivity contribution in [1.29, 1.82) is 0 Å². The van der Waals surface area contributed by atoms with E-state index in [2.05, 4.69) is 29.4 Å². The van der Waals surface area contributed by atoms with Gasteiger partial charge in [-0.25, -0.2) is 0 Å². The van der Waals surface area contributed by atoms with Crippen molar-refractivity contribution < 1.29 is 38.4 Å². The van der Waals surface area contributed by atoms with E-state index in [0.29, 0.717) is 24.3 Å². The van der Waals surface area contributed by atoms with Crippen molar-refractivity contribution in [3.8, 4) is 28.7 Å². The number of nitrogens with zero attached hydrogens (tertiary/aromatic N) is 1. The minimum Gasteiger partial charge on any atom is -0.502 e. The lowest BCUT2D eigenvalue weighted by atomic mass is 9.65. The number of esters is 1. The Bertz CT molecular complexity index is 1290. The molecule has 0 spiro atoms. The molecule has 1 saturated heterocycles. The summed E-state index contributed by atoms with van der Waals surface area (Å²) < 4.78 is 27.9. The second-order valence-corrected chi connectivity index (χ2v) is 11.2. The van der Waals surface area contributed by atoms with Crippen molar-refractivity contribution in [2.45, 2.75) is 45.1 Å². The van der Waals surface area contributed by atoms with Crippen molar-refractivity contribution in [2.24, 2.45) is 11.8 Å². The summed E-state index contributed by atoms with van der Waals surface area (Å²) in [5.41, 5.74) is 2.39. The normalized spacial score (nSPS) is 21.7. The monoisotopic (exact) mass is 597 g/mol. The highest BCUT2D eigenvalue weighted by Gasteiger charge is 2.53. The fourth-order valence-corrected chi connectivity index (χ4v) is 6.55. The van der Waals surface area contributed by atoms with Crippen LogP contribution in [0.1, 0.15) is 61.8 Å². The standard InChI is InChI=1S/C32H43N3O8/c1-5-35(6-2)12-8-11-33-10-7-9-27(36)34-30-21-16-24-23(42-18-43-24)15-20(21)28(29-22(30)17-41-32(29)38)19-13-25(39-3)31(37)26(14-19)40-4/h13-16,22,28-30,33,37H,5-12,17-18H2,1-4H3,(H,34,36)/t22?,28?,29-,30+/m0/s1. The van der Waals surface area contributed by atoms with Crippen LogP contribution in [-0.2, 0) is 14.3 Å². The summed E-state index contributed by atoms with van der Waals surface area (Å²) in [5, 5.41) is 17.2. The first-order chi connectivity index (χ1) is 20.9. The molecule has 2 aromatic rings. The molecule has 11 heteroatoms. The molecule has 2 aromatic carbocycles. The molecule has 0 aromatic heterocycles. The molecule has 43 heavy (non-hydrogen) atoms. The number of carbonyl (C=O) groups excluding carboxylic acids is 2. The number of phenols is 1. The molecule has 2 heterocycles. The number of hydrogen-bond acceptors (Lipinski definition) is 10. The fraction of sp³-hybridized carbons (Fsp3) is 0.562. The van der Waals surface area contributed by atoms with Crippen molar-refractivity contribution in [3.63, 3.8) is 0 Å². The van der Waals surface area contributed by atoms with E-state index in [1.165, 1.54) is 14.2 Å². The number of rotatable bonds is 14. The molecule has 0 radical (unpaired) electrons. The number of fused-ring (bicyclic) bond motifs is 3. The van der Waals surface area contributed by atoms with E-state index in [4.69, 9.17) is 23.7 Å². The zero-order valence-corrected chi connectivity index (χ0v) is 25.4. The molecule has 3 N–H and O–H groups in total. The number of aromatic hydroxyl groups is 1. The molecule has 2 unspecified atom stereocenters. The van der Waals surface area contributed by atoms with Crippen LogP contribution in [0.15, 0.2) is 24.3 Å². The molecule has 0 bridgehead atoms. The maximum absolute atomic E-state index is 13.3. The second-order valence-electron chi connectivity index (χ2n) is 11.2. The van der Waals surface area contributed by atoms with Gasteiger partial charge < -0.3 is 44.3 Å². The summed E-state index contributed by atoms with van der Waals surface area (Å²) >= 11 is 0. The molecular formula is C32H43N3O8. The average Bonchev–Trinajstić information content (AvgIpc) is 3.64. The maximum Gasteiger partial charge on any atom is 0.310 e. The Kier molecular flexibility index (Phi) is 9.82. The second kappa shape index (κ2) is 13.7. The van der Waals surface area contributed by atoms with Crippen LogP contribution in [0.25, 0.3) is 0 Å². The lowest BCUT2D eigenvalue weighted by molar-refractivity contribution is -0.141. The minimum absolute atomic E-state index is 0.0805. The minimum atomic E-state index is -0.579. The zero-order valence-electron chi connectivity index (χ0n) is 25.4. The highest BCUT2D eigenvalue weighted by molar-refractivity contribution is 5.81. The summed E-state index contributed by atoms with van der Waals surface area (Å²) in [4.78, 5) is 29.0. The maximum atomic E-state index is 13.3. The smallest absolute Gasteiger partial charge is 0.310 e. The Morgan fingerprint density at radius 2 is 1.63 bits per heavy atom. The van der Waals surface area contributed by atoms with E-state index in [1.807, 2.05) is 12.1 Å². The van der Waals surface area contributed by atoms with Gasteiger partial charge in [0.15, 0.2) is 23.0 Å². The van der Waals surface area contributed by atoms with Gasteiger partial charge >= 0.3 is 5.97 Å². The fourth-order valence-electron chi connectivity index (χ4n) is 6.55. The van der Waals surface area contributed by atoms with Crippen molar-refractivity contribution in [1.82, 2.24) is 15.5 Å². The molecule has 3 aliphatic rings. The zero-order chi connectivity index (χ0) is 30.5. The van der Waals surface area contributed by atoms with Gasteiger partial charge in [0.05, 0.1) is 32.8 Å². The SMILES string of the molecule is CCN(CC)CCCNCCCC(=O)N[C@@H]1c2cc3c(cc2C(c2cc(OC)c(O)c(OC)c2)[C@H]2C(=O)OCC21)OCO3. The quantitative estimate of drug-likeness (QED) is 0.220. The van der Waals surface area contributed by atoms with Gasteiger partial charge in [-0.3, -0.25) is 9.59 Å². The molecule has 1 amide bonds. The lowest BCUT2D eigenvalue weighted by Gasteiger charge is -2.39. The molecule has 1 aliphatic carbocycles. The first-order valence-corrected chi connectivity index (χ1v) is 15.2. The van der Waals surface area contributed by atoms with Crippen LogP contribution >= 0.6 is 0 Å². The van der Waals surface area contributed by atoms with Gasteiger partial charge in [-0.05, 0) is 86.5 Å². The summed E-state index contributed by atoms with van der Waals surface area (Å²) in [6.07, 6.45) is 2.14. The number of amides is 1. The molecule has 1 fully saturated rings. The van der Waals surface area contributed by atoms with E-state index in [0.717, 1.165) is 55.8 Å². The van der Waals surface area contributed by atoms with Crippen LogP contribution in [0, 0.1) is 11.8 Å².